The molecule has 2 aromatic carbocycles. The predicted molar refractivity (Wildman–Crippen MR) is 95.5 cm³/mol. The zero-order valence-electron chi connectivity index (χ0n) is 13.4. The van der Waals surface area contributed by atoms with Crippen LogP contribution in [0.4, 0.5) is 0 Å². The number of benzene rings is 2. The number of rotatable bonds is 2. The molecule has 3 aromatic rings. The van der Waals surface area contributed by atoms with Gasteiger partial charge in [-0.2, -0.15) is 0 Å². The molecule has 0 radical (unpaired) electrons. The van der Waals surface area contributed by atoms with Crippen molar-refractivity contribution >= 4 is 28.5 Å². The number of hydrogen-bond donors (Lipinski definition) is 0. The van der Waals surface area contributed by atoms with Crippen molar-refractivity contribution in [3.8, 4) is 0 Å². The van der Waals surface area contributed by atoms with Crippen molar-refractivity contribution in [3.05, 3.63) is 64.9 Å². The maximum Gasteiger partial charge on any atom is 0.255 e. The van der Waals surface area contributed by atoms with Gasteiger partial charge in [-0.05, 0) is 37.6 Å². The first-order valence-corrected chi connectivity index (χ1v) is 8.50. The van der Waals surface area contributed by atoms with Crippen LogP contribution in [0.5, 0.6) is 0 Å². The molecule has 4 rings (SSSR count). The average molecular weight is 340 g/mol. The molecule has 1 aliphatic heterocycles. The molecule has 0 N–H and O–H groups in total. The second-order valence-electron chi connectivity index (χ2n) is 6.19. The summed E-state index contributed by atoms with van der Waals surface area (Å²) in [4.78, 5) is 19.3. The SMILES string of the molecule is Cc1nc2ccccc2n1[C@@H]1CCN(C(=O)c2ccccc2Cl)C1. The number of nitrogens with zero attached hydrogens (tertiary/aromatic N) is 3. The van der Waals surface area contributed by atoms with Crippen LogP contribution in [0.15, 0.2) is 48.5 Å². The molecule has 0 bridgehead atoms. The molecule has 1 aromatic heterocycles. The lowest BCUT2D eigenvalue weighted by molar-refractivity contribution is 0.0788. The molecule has 5 heteroatoms. The van der Waals surface area contributed by atoms with Crippen LogP contribution in [0.1, 0.15) is 28.6 Å². The van der Waals surface area contributed by atoms with Crippen molar-refractivity contribution < 1.29 is 4.79 Å². The Balaban J connectivity index is 1.61. The number of aromatic nitrogens is 2. The topological polar surface area (TPSA) is 38.1 Å². The molecule has 0 unspecified atom stereocenters. The van der Waals surface area contributed by atoms with Gasteiger partial charge in [0.05, 0.1) is 27.7 Å². The summed E-state index contributed by atoms with van der Waals surface area (Å²) in [6.07, 6.45) is 0.928. The summed E-state index contributed by atoms with van der Waals surface area (Å²) in [6, 6.07) is 15.6. The molecule has 1 aliphatic rings. The number of halogens is 1. The van der Waals surface area contributed by atoms with Crippen LogP contribution >= 0.6 is 11.6 Å². The van der Waals surface area contributed by atoms with Gasteiger partial charge in [0.15, 0.2) is 0 Å². The number of fused-ring (bicyclic) bond motifs is 1. The lowest BCUT2D eigenvalue weighted by Gasteiger charge is -2.19. The number of amides is 1. The van der Waals surface area contributed by atoms with Gasteiger partial charge in [-0.25, -0.2) is 4.98 Å². The predicted octanol–water partition coefficient (Wildman–Crippen LogP) is 4.09. The fourth-order valence-electron chi connectivity index (χ4n) is 3.57. The minimum Gasteiger partial charge on any atom is -0.336 e. The van der Waals surface area contributed by atoms with Gasteiger partial charge < -0.3 is 9.47 Å². The summed E-state index contributed by atoms with van der Waals surface area (Å²) < 4.78 is 2.26. The molecule has 4 nitrogen and oxygen atoms in total. The van der Waals surface area contributed by atoms with E-state index >= 15 is 0 Å². The van der Waals surface area contributed by atoms with Crippen molar-refractivity contribution in [3.63, 3.8) is 0 Å². The maximum atomic E-state index is 12.7. The molecule has 122 valence electrons. The minimum absolute atomic E-state index is 0.00479. The molecule has 0 aliphatic carbocycles. The number of imidazole rings is 1. The molecule has 0 spiro atoms. The van der Waals surface area contributed by atoms with Crippen molar-refractivity contribution in [2.45, 2.75) is 19.4 Å². The number of hydrogen-bond acceptors (Lipinski definition) is 2. The lowest BCUT2D eigenvalue weighted by Crippen LogP contribution is -2.29. The van der Waals surface area contributed by atoms with E-state index in [1.54, 1.807) is 12.1 Å². The standard InChI is InChI=1S/C19H18ClN3O/c1-13-21-17-8-4-5-9-18(17)23(13)14-10-11-22(12-14)19(24)15-6-2-3-7-16(15)20/h2-9,14H,10-12H2,1H3/t14-/m1/s1. The van der Waals surface area contributed by atoms with Gasteiger partial charge in [0.1, 0.15) is 5.82 Å². The van der Waals surface area contributed by atoms with Crippen molar-refractivity contribution in [1.82, 2.24) is 14.5 Å². The number of carbonyl (C=O) groups excluding carboxylic acids is 1. The Labute approximate surface area is 145 Å². The third-order valence-electron chi connectivity index (χ3n) is 4.69. The Bertz CT molecular complexity index is 918. The highest BCUT2D eigenvalue weighted by molar-refractivity contribution is 6.33. The summed E-state index contributed by atoms with van der Waals surface area (Å²) in [5.74, 6) is 0.999. The summed E-state index contributed by atoms with van der Waals surface area (Å²) in [5, 5.41) is 0.509. The Morgan fingerprint density at radius 3 is 2.75 bits per heavy atom. The van der Waals surface area contributed by atoms with Gasteiger partial charge in [0.2, 0.25) is 0 Å². The fraction of sp³-hybridized carbons (Fsp3) is 0.263. The van der Waals surface area contributed by atoms with E-state index in [0.29, 0.717) is 17.1 Å². The van der Waals surface area contributed by atoms with E-state index in [1.807, 2.05) is 42.2 Å². The number of carbonyl (C=O) groups is 1. The van der Waals surface area contributed by atoms with Crippen molar-refractivity contribution in [2.24, 2.45) is 0 Å². The molecule has 2 heterocycles. The van der Waals surface area contributed by atoms with Crippen molar-refractivity contribution in [1.29, 1.82) is 0 Å². The van der Waals surface area contributed by atoms with Gasteiger partial charge >= 0.3 is 0 Å². The van der Waals surface area contributed by atoms with E-state index in [9.17, 15) is 4.79 Å². The average Bonchev–Trinajstić information content (AvgIpc) is 3.18. The van der Waals surface area contributed by atoms with Crippen molar-refractivity contribution in [2.75, 3.05) is 13.1 Å². The Kier molecular flexibility index (Phi) is 3.77. The summed E-state index contributed by atoms with van der Waals surface area (Å²) in [6.45, 7) is 3.45. The van der Waals surface area contributed by atoms with Gasteiger partial charge in [0, 0.05) is 13.1 Å². The lowest BCUT2D eigenvalue weighted by atomic mass is 10.2. The summed E-state index contributed by atoms with van der Waals surface area (Å²) in [5.41, 5.74) is 2.71. The summed E-state index contributed by atoms with van der Waals surface area (Å²) in [7, 11) is 0. The largest absolute Gasteiger partial charge is 0.336 e. The third kappa shape index (κ3) is 2.47. The second-order valence-corrected chi connectivity index (χ2v) is 6.60. The normalized spacial score (nSPS) is 17.6. The molecule has 0 saturated carbocycles. The van der Waals surface area contributed by atoms with Crippen LogP contribution < -0.4 is 0 Å². The number of aryl methyl sites for hydroxylation is 1. The van der Waals surface area contributed by atoms with Gasteiger partial charge in [-0.1, -0.05) is 35.9 Å². The zero-order chi connectivity index (χ0) is 16.7. The molecule has 1 atom stereocenters. The quantitative estimate of drug-likeness (QED) is 0.705. The van der Waals surface area contributed by atoms with E-state index in [-0.39, 0.29) is 11.9 Å². The van der Waals surface area contributed by atoms with Crippen LogP contribution in [0.3, 0.4) is 0 Å². The monoisotopic (exact) mass is 339 g/mol. The van der Waals surface area contributed by atoms with Crippen LogP contribution in [0.25, 0.3) is 11.0 Å². The van der Waals surface area contributed by atoms with E-state index < -0.39 is 0 Å². The molecular weight excluding hydrogens is 322 g/mol. The first kappa shape index (κ1) is 15.2. The zero-order valence-corrected chi connectivity index (χ0v) is 14.2. The molecule has 1 saturated heterocycles. The first-order chi connectivity index (χ1) is 11.6. The van der Waals surface area contributed by atoms with Gasteiger partial charge in [-0.3, -0.25) is 4.79 Å². The van der Waals surface area contributed by atoms with E-state index in [1.165, 1.54) is 0 Å². The van der Waals surface area contributed by atoms with Gasteiger partial charge in [0.25, 0.3) is 5.91 Å². The van der Waals surface area contributed by atoms with Crippen LogP contribution in [-0.2, 0) is 0 Å². The molecule has 24 heavy (non-hydrogen) atoms. The smallest absolute Gasteiger partial charge is 0.255 e. The van der Waals surface area contributed by atoms with Gasteiger partial charge in [-0.15, -0.1) is 0 Å². The third-order valence-corrected chi connectivity index (χ3v) is 5.02. The molecular formula is C19H18ClN3O. The highest BCUT2D eigenvalue weighted by Gasteiger charge is 2.30. The Morgan fingerprint density at radius 1 is 1.17 bits per heavy atom. The van der Waals surface area contributed by atoms with E-state index in [0.717, 1.165) is 29.8 Å². The molecule has 1 amide bonds. The number of likely N-dealkylation sites (tertiary alicyclic amines) is 1. The second kappa shape index (κ2) is 5.95. The van der Waals surface area contributed by atoms with E-state index in [4.69, 9.17) is 11.6 Å². The van der Waals surface area contributed by atoms with Crippen LogP contribution in [0, 0.1) is 6.92 Å². The van der Waals surface area contributed by atoms with Crippen LogP contribution in [0.2, 0.25) is 5.02 Å². The van der Waals surface area contributed by atoms with E-state index in [2.05, 4.69) is 15.6 Å². The minimum atomic E-state index is 0.00479. The Morgan fingerprint density at radius 2 is 1.92 bits per heavy atom. The fourth-order valence-corrected chi connectivity index (χ4v) is 3.78. The highest BCUT2D eigenvalue weighted by atomic mass is 35.5. The first-order valence-electron chi connectivity index (χ1n) is 8.12. The maximum absolute atomic E-state index is 12.7. The number of para-hydroxylation sites is 2. The summed E-state index contributed by atoms with van der Waals surface area (Å²) >= 11 is 6.17. The molecule has 1 fully saturated rings. The Hall–Kier alpha value is -2.33. The highest BCUT2D eigenvalue weighted by Crippen LogP contribution is 2.29. The van der Waals surface area contributed by atoms with Crippen LogP contribution in [-0.4, -0.2) is 33.4 Å².